The summed E-state index contributed by atoms with van der Waals surface area (Å²) in [6.45, 7) is 0.473. The molecule has 3 nitrogen and oxygen atoms in total. The summed E-state index contributed by atoms with van der Waals surface area (Å²) in [6.07, 6.45) is -0.314. The highest BCUT2D eigenvalue weighted by molar-refractivity contribution is 5.74. The fourth-order valence-corrected chi connectivity index (χ4v) is 4.53. The monoisotopic (exact) mass is 405 g/mol. The van der Waals surface area contributed by atoms with Crippen LogP contribution in [0.2, 0.25) is 0 Å². The Hall–Kier alpha value is -3.85. The minimum Gasteiger partial charge on any atom is -0.430 e. The van der Waals surface area contributed by atoms with E-state index in [1.165, 1.54) is 0 Å². The van der Waals surface area contributed by atoms with Crippen molar-refractivity contribution in [2.24, 2.45) is 0 Å². The Kier molecular flexibility index (Phi) is 5.01. The molecule has 4 aromatic rings. The van der Waals surface area contributed by atoms with Gasteiger partial charge in [0.05, 0.1) is 0 Å². The van der Waals surface area contributed by atoms with Crippen molar-refractivity contribution in [3.8, 4) is 0 Å². The Morgan fingerprint density at radius 2 is 1.10 bits per heavy atom. The van der Waals surface area contributed by atoms with Gasteiger partial charge in [-0.3, -0.25) is 4.90 Å². The molecule has 0 bridgehead atoms. The minimum atomic E-state index is -0.949. The van der Waals surface area contributed by atoms with E-state index < -0.39 is 5.60 Å². The third-order valence-corrected chi connectivity index (χ3v) is 5.90. The molecule has 1 fully saturated rings. The summed E-state index contributed by atoms with van der Waals surface area (Å²) in [7, 11) is 0. The van der Waals surface area contributed by atoms with Crippen LogP contribution in [0.5, 0.6) is 0 Å². The lowest BCUT2D eigenvalue weighted by Crippen LogP contribution is -2.37. The van der Waals surface area contributed by atoms with Crippen molar-refractivity contribution in [2.75, 3.05) is 0 Å². The average molecular weight is 405 g/mol. The molecule has 0 radical (unpaired) electrons. The first-order valence-electron chi connectivity index (χ1n) is 10.5. The Bertz CT molecular complexity index is 1110. The zero-order valence-electron chi connectivity index (χ0n) is 17.1. The molecule has 31 heavy (non-hydrogen) atoms. The van der Waals surface area contributed by atoms with Crippen molar-refractivity contribution in [3.63, 3.8) is 0 Å². The molecule has 0 spiro atoms. The van der Waals surface area contributed by atoms with Gasteiger partial charge in [0.2, 0.25) is 0 Å². The van der Waals surface area contributed by atoms with Crippen LogP contribution in [0.3, 0.4) is 0 Å². The molecule has 4 aromatic carbocycles. The van der Waals surface area contributed by atoms with Crippen molar-refractivity contribution in [1.29, 1.82) is 0 Å². The highest BCUT2D eigenvalue weighted by Gasteiger charge is 2.56. The number of ether oxygens (including phenoxy) is 1. The van der Waals surface area contributed by atoms with Gasteiger partial charge in [0.1, 0.15) is 6.04 Å². The van der Waals surface area contributed by atoms with Gasteiger partial charge >= 0.3 is 6.09 Å². The summed E-state index contributed by atoms with van der Waals surface area (Å²) >= 11 is 0. The van der Waals surface area contributed by atoms with Crippen LogP contribution in [-0.2, 0) is 16.9 Å². The standard InChI is InChI=1S/C28H23NO2/c30-27-29(21-22-13-5-1-6-14-22)26(23-15-7-2-8-16-23)28(31-27,24-17-9-3-10-18-24)25-19-11-4-12-20-25/h1-20,26H,21H2. The Morgan fingerprint density at radius 1 is 0.645 bits per heavy atom. The summed E-state index contributed by atoms with van der Waals surface area (Å²) in [6, 6.07) is 40.0. The quantitative estimate of drug-likeness (QED) is 0.389. The van der Waals surface area contributed by atoms with Gasteiger partial charge in [0.15, 0.2) is 5.60 Å². The van der Waals surface area contributed by atoms with Gasteiger partial charge in [-0.1, -0.05) is 121 Å². The average Bonchev–Trinajstić information content (AvgIpc) is 3.14. The molecule has 1 saturated heterocycles. The normalized spacial score (nSPS) is 17.4. The molecule has 1 unspecified atom stereocenters. The van der Waals surface area contributed by atoms with Gasteiger partial charge in [0.25, 0.3) is 0 Å². The van der Waals surface area contributed by atoms with Crippen LogP contribution in [0.1, 0.15) is 28.3 Å². The number of rotatable bonds is 5. The fourth-order valence-electron chi connectivity index (χ4n) is 4.53. The van der Waals surface area contributed by atoms with Crippen LogP contribution >= 0.6 is 0 Å². The van der Waals surface area contributed by atoms with Crippen molar-refractivity contribution >= 4 is 6.09 Å². The smallest absolute Gasteiger partial charge is 0.412 e. The first kappa shape index (κ1) is 19.1. The van der Waals surface area contributed by atoms with Crippen LogP contribution in [0.15, 0.2) is 121 Å². The number of hydrogen-bond acceptors (Lipinski definition) is 2. The van der Waals surface area contributed by atoms with Gasteiger partial charge in [-0.15, -0.1) is 0 Å². The highest BCUT2D eigenvalue weighted by atomic mass is 16.6. The molecule has 0 N–H and O–H groups in total. The van der Waals surface area contributed by atoms with Crippen LogP contribution in [0, 0.1) is 0 Å². The number of hydrogen-bond donors (Lipinski definition) is 0. The van der Waals surface area contributed by atoms with E-state index in [0.717, 1.165) is 22.3 Å². The van der Waals surface area contributed by atoms with Crippen molar-refractivity contribution in [1.82, 2.24) is 4.90 Å². The first-order valence-corrected chi connectivity index (χ1v) is 10.5. The lowest BCUT2D eigenvalue weighted by Gasteiger charge is -2.36. The molecule has 0 aromatic heterocycles. The number of carbonyl (C=O) groups excluding carboxylic acids is 1. The third-order valence-electron chi connectivity index (χ3n) is 5.90. The molecule has 1 heterocycles. The fraction of sp³-hybridized carbons (Fsp3) is 0.107. The third kappa shape index (κ3) is 3.38. The molecule has 152 valence electrons. The van der Waals surface area contributed by atoms with Gasteiger partial charge in [-0.05, 0) is 11.1 Å². The van der Waals surface area contributed by atoms with Crippen molar-refractivity contribution < 1.29 is 9.53 Å². The van der Waals surface area contributed by atoms with E-state index in [-0.39, 0.29) is 12.1 Å². The van der Waals surface area contributed by atoms with Crippen LogP contribution in [0.25, 0.3) is 0 Å². The lowest BCUT2D eigenvalue weighted by molar-refractivity contribution is 0.0672. The highest BCUT2D eigenvalue weighted by Crippen LogP contribution is 2.52. The molecule has 5 rings (SSSR count). The largest absolute Gasteiger partial charge is 0.430 e. The maximum atomic E-state index is 13.4. The molecular weight excluding hydrogens is 382 g/mol. The van der Waals surface area contributed by atoms with E-state index in [1.807, 2.05) is 114 Å². The second-order valence-electron chi connectivity index (χ2n) is 7.76. The topological polar surface area (TPSA) is 29.5 Å². The van der Waals surface area contributed by atoms with Crippen molar-refractivity contribution in [3.05, 3.63) is 144 Å². The zero-order chi connectivity index (χ0) is 21.1. The molecule has 1 amide bonds. The number of nitrogens with zero attached hydrogens (tertiary/aromatic N) is 1. The summed E-state index contributed by atoms with van der Waals surface area (Å²) in [5, 5.41) is 0. The van der Waals surface area contributed by atoms with E-state index in [4.69, 9.17) is 4.74 Å². The van der Waals surface area contributed by atoms with E-state index >= 15 is 0 Å². The SMILES string of the molecule is O=C1OC(c2ccccc2)(c2ccccc2)C(c2ccccc2)N1Cc1ccccc1. The summed E-state index contributed by atoms with van der Waals surface area (Å²) < 4.78 is 6.36. The summed E-state index contributed by atoms with van der Waals surface area (Å²) in [5.74, 6) is 0. The Balaban J connectivity index is 1.73. The van der Waals surface area contributed by atoms with Crippen LogP contribution in [-0.4, -0.2) is 11.0 Å². The summed E-state index contributed by atoms with van der Waals surface area (Å²) in [4.78, 5) is 15.3. The zero-order valence-corrected chi connectivity index (χ0v) is 17.1. The summed E-state index contributed by atoms with van der Waals surface area (Å²) in [5.41, 5.74) is 3.07. The Labute approximate surface area is 182 Å². The number of cyclic esters (lactones) is 1. The van der Waals surface area contributed by atoms with E-state index in [2.05, 4.69) is 12.1 Å². The lowest BCUT2D eigenvalue weighted by atomic mass is 9.77. The molecule has 3 heteroatoms. The molecule has 1 atom stereocenters. The number of benzene rings is 4. The van der Waals surface area contributed by atoms with Gasteiger partial charge in [-0.25, -0.2) is 4.79 Å². The van der Waals surface area contributed by atoms with E-state index in [9.17, 15) is 4.79 Å². The molecule has 0 saturated carbocycles. The van der Waals surface area contributed by atoms with Gasteiger partial charge in [0, 0.05) is 17.7 Å². The maximum Gasteiger partial charge on any atom is 0.412 e. The number of carbonyl (C=O) groups is 1. The second kappa shape index (κ2) is 8.11. The second-order valence-corrected chi connectivity index (χ2v) is 7.76. The minimum absolute atomic E-state index is 0.314. The van der Waals surface area contributed by atoms with E-state index in [1.54, 1.807) is 0 Å². The van der Waals surface area contributed by atoms with E-state index in [0.29, 0.717) is 6.54 Å². The maximum absolute atomic E-state index is 13.4. The van der Waals surface area contributed by atoms with Crippen LogP contribution < -0.4 is 0 Å². The molecule has 1 aliphatic heterocycles. The van der Waals surface area contributed by atoms with Crippen molar-refractivity contribution in [2.45, 2.75) is 18.2 Å². The number of amides is 1. The first-order chi connectivity index (χ1) is 15.3. The Morgan fingerprint density at radius 3 is 1.61 bits per heavy atom. The predicted molar refractivity (Wildman–Crippen MR) is 121 cm³/mol. The predicted octanol–water partition coefficient (Wildman–Crippen LogP) is 6.32. The van der Waals surface area contributed by atoms with Gasteiger partial charge in [-0.2, -0.15) is 0 Å². The molecular formula is C28H23NO2. The molecule has 1 aliphatic rings. The molecule has 0 aliphatic carbocycles. The van der Waals surface area contributed by atoms with Crippen LogP contribution in [0.4, 0.5) is 4.79 Å². The van der Waals surface area contributed by atoms with Gasteiger partial charge < -0.3 is 4.74 Å².